The number of hydrogen-bond acceptors (Lipinski definition) is 3. The molecule has 170 valence electrons. The van der Waals surface area contributed by atoms with Crippen molar-refractivity contribution in [3.63, 3.8) is 0 Å². The van der Waals surface area contributed by atoms with E-state index in [1.54, 1.807) is 13.8 Å². The zero-order chi connectivity index (χ0) is 22.1. The molecule has 0 saturated heterocycles. The highest BCUT2D eigenvalue weighted by Gasteiger charge is 2.49. The van der Waals surface area contributed by atoms with Crippen molar-refractivity contribution in [1.29, 1.82) is 0 Å². The summed E-state index contributed by atoms with van der Waals surface area (Å²) in [5.41, 5.74) is 6.44. The maximum Gasteiger partial charge on any atom is 0.243 e. The molecular formula is C23H34F4N2O. The van der Waals surface area contributed by atoms with Gasteiger partial charge in [0.2, 0.25) is 6.43 Å². The van der Waals surface area contributed by atoms with Gasteiger partial charge in [0.15, 0.2) is 0 Å². The van der Waals surface area contributed by atoms with Crippen molar-refractivity contribution >= 4 is 0 Å². The normalized spacial score (nSPS) is 28.5. The topological polar surface area (TPSA) is 58.3 Å². The maximum atomic E-state index is 13.5. The second-order valence-electron chi connectivity index (χ2n) is 9.78. The number of allylic oxidation sites excluding steroid dienone is 4. The zero-order valence-corrected chi connectivity index (χ0v) is 17.8. The molecule has 30 heavy (non-hydrogen) atoms. The highest BCUT2D eigenvalue weighted by Crippen LogP contribution is 2.50. The first kappa shape index (κ1) is 23.5. The molecule has 3 nitrogen and oxygen atoms in total. The number of aliphatic hydroxyl groups excluding tert-OH is 1. The lowest BCUT2D eigenvalue weighted by atomic mass is 9.70. The summed E-state index contributed by atoms with van der Waals surface area (Å²) in [6.45, 7) is 3.53. The number of rotatable bonds is 9. The molecule has 0 radical (unpaired) electrons. The predicted octanol–water partition coefficient (Wildman–Crippen LogP) is 4.73. The van der Waals surface area contributed by atoms with Crippen LogP contribution in [-0.4, -0.2) is 41.9 Å². The van der Waals surface area contributed by atoms with Crippen LogP contribution in [0.5, 0.6) is 0 Å². The van der Waals surface area contributed by atoms with Crippen molar-refractivity contribution in [3.8, 4) is 0 Å². The number of aliphatic hydroxyl groups is 1. The molecule has 0 bridgehead atoms. The highest BCUT2D eigenvalue weighted by molar-refractivity contribution is 5.31. The minimum atomic E-state index is -2.36. The lowest BCUT2D eigenvalue weighted by molar-refractivity contribution is -0.0257. The molecule has 3 aliphatic carbocycles. The SMILES string of the molecule is CC(C)(C(F)F)C1CCC=C(C2(NCC(O)C(N)CC3=CC(F)CC(F)=C3)CC2)C1. The summed E-state index contributed by atoms with van der Waals surface area (Å²) in [5, 5.41) is 13.9. The van der Waals surface area contributed by atoms with Crippen molar-refractivity contribution in [2.75, 3.05) is 6.54 Å². The summed E-state index contributed by atoms with van der Waals surface area (Å²) in [6.07, 6.45) is 4.16. The Bertz CT molecular complexity index is 712. The molecule has 0 aliphatic heterocycles. The lowest BCUT2D eigenvalue weighted by Crippen LogP contribution is -2.47. The first-order valence-electron chi connectivity index (χ1n) is 10.9. The summed E-state index contributed by atoms with van der Waals surface area (Å²) in [4.78, 5) is 0. The molecule has 0 heterocycles. The molecule has 0 aromatic heterocycles. The average molecular weight is 431 g/mol. The number of nitrogens with one attached hydrogen (secondary N) is 1. The van der Waals surface area contributed by atoms with Gasteiger partial charge in [-0.1, -0.05) is 25.5 Å². The van der Waals surface area contributed by atoms with Crippen LogP contribution in [0, 0.1) is 11.3 Å². The molecule has 3 aliphatic rings. The Hall–Kier alpha value is -1.18. The minimum absolute atomic E-state index is 0.0717. The van der Waals surface area contributed by atoms with Gasteiger partial charge in [0, 0.05) is 30.0 Å². The number of hydrogen-bond donors (Lipinski definition) is 3. The van der Waals surface area contributed by atoms with E-state index in [0.29, 0.717) is 12.0 Å². The van der Waals surface area contributed by atoms with E-state index in [-0.39, 0.29) is 30.8 Å². The van der Waals surface area contributed by atoms with Gasteiger partial charge in [0.05, 0.1) is 6.10 Å². The summed E-state index contributed by atoms with van der Waals surface area (Å²) in [5.74, 6) is -0.584. The monoisotopic (exact) mass is 430 g/mol. The van der Waals surface area contributed by atoms with E-state index < -0.39 is 36.0 Å². The summed E-state index contributed by atoms with van der Waals surface area (Å²) in [6, 6.07) is -0.653. The third-order valence-electron chi connectivity index (χ3n) is 7.09. The number of β-amino-alcohol motifs (C(OH)–C–C–N with tert-alkyl or cyclic N) is 1. The molecule has 0 spiro atoms. The van der Waals surface area contributed by atoms with Gasteiger partial charge in [-0.2, -0.15) is 0 Å². The third-order valence-corrected chi connectivity index (χ3v) is 7.09. The second kappa shape index (κ2) is 9.13. The van der Waals surface area contributed by atoms with Crippen LogP contribution in [0.2, 0.25) is 0 Å². The summed E-state index contributed by atoms with van der Waals surface area (Å²) in [7, 11) is 0. The van der Waals surface area contributed by atoms with E-state index in [1.165, 1.54) is 12.2 Å². The molecule has 1 fully saturated rings. The predicted molar refractivity (Wildman–Crippen MR) is 111 cm³/mol. The van der Waals surface area contributed by atoms with Gasteiger partial charge in [-0.15, -0.1) is 0 Å². The van der Waals surface area contributed by atoms with Crippen LogP contribution in [0.1, 0.15) is 58.8 Å². The quantitative estimate of drug-likeness (QED) is 0.366. The van der Waals surface area contributed by atoms with Gasteiger partial charge in [0.25, 0.3) is 0 Å². The van der Waals surface area contributed by atoms with Gasteiger partial charge < -0.3 is 16.2 Å². The van der Waals surface area contributed by atoms with Gasteiger partial charge >= 0.3 is 0 Å². The van der Waals surface area contributed by atoms with Crippen molar-refractivity contribution in [2.45, 2.75) is 89.1 Å². The second-order valence-corrected chi connectivity index (χ2v) is 9.78. The fraction of sp³-hybridized carbons (Fsp3) is 0.739. The Balaban J connectivity index is 1.54. The molecule has 4 atom stereocenters. The molecule has 7 heteroatoms. The van der Waals surface area contributed by atoms with Crippen LogP contribution in [0.25, 0.3) is 0 Å². The van der Waals surface area contributed by atoms with Gasteiger partial charge in [-0.3, -0.25) is 0 Å². The lowest BCUT2D eigenvalue weighted by Gasteiger charge is -2.38. The van der Waals surface area contributed by atoms with Crippen molar-refractivity contribution in [1.82, 2.24) is 5.32 Å². The zero-order valence-electron chi connectivity index (χ0n) is 17.8. The summed E-state index contributed by atoms with van der Waals surface area (Å²) < 4.78 is 53.9. The van der Waals surface area contributed by atoms with Crippen molar-refractivity contribution < 1.29 is 22.7 Å². The fourth-order valence-corrected chi connectivity index (χ4v) is 4.62. The Kier molecular flexibility index (Phi) is 7.15. The average Bonchev–Trinajstić information content (AvgIpc) is 3.46. The van der Waals surface area contributed by atoms with Crippen LogP contribution < -0.4 is 11.1 Å². The van der Waals surface area contributed by atoms with Crippen LogP contribution in [0.4, 0.5) is 17.6 Å². The first-order chi connectivity index (χ1) is 14.0. The van der Waals surface area contributed by atoms with Gasteiger partial charge in [0.1, 0.15) is 12.0 Å². The fourth-order valence-electron chi connectivity index (χ4n) is 4.62. The standard InChI is InChI=1S/C23H34F4N2O/c1-22(2,21(26)27)15-4-3-5-16(11-15)23(6-7-23)29-13-20(30)19(28)10-14-8-17(24)12-18(25)9-14/h5,8-9,15,17,19-21,29-30H,3-4,6-7,10-13,28H2,1-2H3. The molecule has 1 saturated carbocycles. The Morgan fingerprint density at radius 2 is 2.00 bits per heavy atom. The van der Waals surface area contributed by atoms with Crippen LogP contribution in [0.15, 0.2) is 35.2 Å². The Morgan fingerprint density at radius 3 is 2.60 bits per heavy atom. The molecule has 3 rings (SSSR count). The van der Waals surface area contributed by atoms with Crippen molar-refractivity contribution in [2.24, 2.45) is 17.1 Å². The first-order valence-corrected chi connectivity index (χ1v) is 10.9. The number of nitrogens with two attached hydrogens (primary N) is 1. The van der Waals surface area contributed by atoms with E-state index in [4.69, 9.17) is 5.73 Å². The molecule has 0 aromatic carbocycles. The van der Waals surface area contributed by atoms with Crippen LogP contribution >= 0.6 is 0 Å². The third kappa shape index (κ3) is 5.35. The summed E-state index contributed by atoms with van der Waals surface area (Å²) >= 11 is 0. The Labute approximate surface area is 176 Å². The smallest absolute Gasteiger partial charge is 0.243 e. The number of halogens is 4. The molecule has 4 N–H and O–H groups in total. The van der Waals surface area contributed by atoms with Gasteiger partial charge in [-0.25, -0.2) is 17.6 Å². The minimum Gasteiger partial charge on any atom is -0.390 e. The van der Waals surface area contributed by atoms with Crippen LogP contribution in [0.3, 0.4) is 0 Å². The number of alkyl halides is 3. The molecule has 0 aromatic rings. The van der Waals surface area contributed by atoms with E-state index in [9.17, 15) is 22.7 Å². The van der Waals surface area contributed by atoms with Crippen molar-refractivity contribution in [3.05, 3.63) is 35.2 Å². The van der Waals surface area contributed by atoms with E-state index in [2.05, 4.69) is 11.4 Å². The highest BCUT2D eigenvalue weighted by atomic mass is 19.3. The molecule has 4 unspecified atom stereocenters. The van der Waals surface area contributed by atoms with Gasteiger partial charge in [-0.05, 0) is 62.2 Å². The molecular weight excluding hydrogens is 396 g/mol. The van der Waals surface area contributed by atoms with E-state index in [1.807, 2.05) is 0 Å². The maximum absolute atomic E-state index is 13.5. The largest absolute Gasteiger partial charge is 0.390 e. The Morgan fingerprint density at radius 1 is 1.30 bits per heavy atom. The molecule has 0 amide bonds. The van der Waals surface area contributed by atoms with Crippen LogP contribution in [-0.2, 0) is 0 Å². The van der Waals surface area contributed by atoms with E-state index >= 15 is 0 Å². The van der Waals surface area contributed by atoms with E-state index in [0.717, 1.165) is 31.3 Å².